The minimum absolute atomic E-state index is 0.120. The van der Waals surface area contributed by atoms with Gasteiger partial charge in [-0.05, 0) is 49.8 Å². The minimum atomic E-state index is -0.498. The van der Waals surface area contributed by atoms with Crippen LogP contribution in [0.1, 0.15) is 60.3 Å². The summed E-state index contributed by atoms with van der Waals surface area (Å²) in [5, 5.41) is 9.99. The fraction of sp³-hybridized carbons (Fsp3) is 0.478. The van der Waals surface area contributed by atoms with Gasteiger partial charge < -0.3 is 20.1 Å². The Kier molecular flexibility index (Phi) is 6.62. The number of amides is 1. The zero-order chi connectivity index (χ0) is 21.0. The summed E-state index contributed by atoms with van der Waals surface area (Å²) in [6, 6.07) is 6.82. The maximum atomic E-state index is 12.4. The summed E-state index contributed by atoms with van der Waals surface area (Å²) in [5.74, 6) is -0.128. The lowest BCUT2D eigenvalue weighted by molar-refractivity contribution is -0.140. The van der Waals surface area contributed by atoms with Crippen LogP contribution in [0.25, 0.3) is 11.1 Å². The Labute approximate surface area is 171 Å². The fourth-order valence-electron chi connectivity index (χ4n) is 4.53. The molecule has 0 saturated heterocycles. The van der Waals surface area contributed by atoms with Crippen LogP contribution in [0.5, 0.6) is 5.75 Å². The maximum Gasteiger partial charge on any atom is 0.305 e. The van der Waals surface area contributed by atoms with Crippen LogP contribution in [0.4, 0.5) is 0 Å². The van der Waals surface area contributed by atoms with Crippen LogP contribution in [0.2, 0.25) is 0 Å². The van der Waals surface area contributed by atoms with Crippen LogP contribution in [-0.2, 0) is 22.5 Å². The van der Waals surface area contributed by atoms with Gasteiger partial charge in [-0.1, -0.05) is 31.4 Å². The summed E-state index contributed by atoms with van der Waals surface area (Å²) in [5.41, 5.74) is 9.41. The van der Waals surface area contributed by atoms with Crippen molar-refractivity contribution in [3.8, 4) is 16.9 Å². The lowest BCUT2D eigenvalue weighted by atomic mass is 9.89. The van der Waals surface area contributed by atoms with Gasteiger partial charge in [-0.25, -0.2) is 0 Å². The first-order chi connectivity index (χ1) is 13.9. The third-order valence-electron chi connectivity index (χ3n) is 5.97. The zero-order valence-corrected chi connectivity index (χ0v) is 17.2. The molecule has 1 amide bonds. The number of phenolic OH excluding ortho intramolecular Hbond substituents is 1. The number of carbonyl (C=O) groups is 2. The van der Waals surface area contributed by atoms with Gasteiger partial charge in [0, 0.05) is 23.5 Å². The molecule has 1 aliphatic carbocycles. The largest absolute Gasteiger partial charge is 0.508 e. The van der Waals surface area contributed by atoms with Gasteiger partial charge in [-0.3, -0.25) is 9.59 Å². The number of carbonyl (C=O) groups excluding carboxylic acids is 2. The number of nitrogens with two attached hydrogens (primary N) is 1. The molecule has 6 nitrogen and oxygen atoms in total. The topological polar surface area (TPSA) is 94.6 Å². The predicted octanol–water partition coefficient (Wildman–Crippen LogP) is 3.95. The smallest absolute Gasteiger partial charge is 0.305 e. The van der Waals surface area contributed by atoms with Crippen molar-refractivity contribution in [3.05, 3.63) is 41.2 Å². The number of nitrogens with zero attached hydrogens (tertiary/aromatic N) is 1. The van der Waals surface area contributed by atoms with Gasteiger partial charge in [-0.15, -0.1) is 0 Å². The van der Waals surface area contributed by atoms with Crippen LogP contribution in [0.15, 0.2) is 24.3 Å². The molecule has 1 heterocycles. The molecule has 0 atom stereocenters. The number of methoxy groups -OCH3 is 1. The van der Waals surface area contributed by atoms with E-state index in [-0.39, 0.29) is 18.1 Å². The van der Waals surface area contributed by atoms with E-state index in [0.717, 1.165) is 23.5 Å². The Morgan fingerprint density at radius 3 is 2.59 bits per heavy atom. The fourth-order valence-corrected chi connectivity index (χ4v) is 4.53. The Morgan fingerprint density at radius 2 is 1.97 bits per heavy atom. The summed E-state index contributed by atoms with van der Waals surface area (Å²) in [6.45, 7) is 2.72. The Morgan fingerprint density at radius 1 is 1.24 bits per heavy atom. The van der Waals surface area contributed by atoms with Crippen molar-refractivity contribution in [2.24, 2.45) is 11.7 Å². The molecule has 3 N–H and O–H groups in total. The van der Waals surface area contributed by atoms with Gasteiger partial charge in [0.1, 0.15) is 5.75 Å². The van der Waals surface area contributed by atoms with Crippen molar-refractivity contribution in [1.29, 1.82) is 0 Å². The van der Waals surface area contributed by atoms with Gasteiger partial charge in [0.2, 0.25) is 0 Å². The van der Waals surface area contributed by atoms with Crippen LogP contribution in [-0.4, -0.2) is 28.7 Å². The van der Waals surface area contributed by atoms with E-state index in [1.165, 1.54) is 39.2 Å². The number of hydrogen-bond acceptors (Lipinski definition) is 4. The van der Waals surface area contributed by atoms with E-state index in [0.29, 0.717) is 23.5 Å². The van der Waals surface area contributed by atoms with Crippen LogP contribution < -0.4 is 5.73 Å². The van der Waals surface area contributed by atoms with Crippen LogP contribution in [0, 0.1) is 12.8 Å². The average molecular weight is 399 g/mol. The number of ether oxygens (including phenoxy) is 1. The standard InChI is InChI=1S/C23H30N2O4/c1-15-21(23(24)28)22(17-9-6-10-18(26)13-17)19(11-12-20(27)29-2)25(15)14-16-7-4-3-5-8-16/h6,9-10,13,16,26H,3-5,7-8,11-12,14H2,1-2H3,(H2,24,28). The molecule has 29 heavy (non-hydrogen) atoms. The Hall–Kier alpha value is -2.76. The zero-order valence-electron chi connectivity index (χ0n) is 17.2. The highest BCUT2D eigenvalue weighted by Gasteiger charge is 2.27. The highest BCUT2D eigenvalue weighted by molar-refractivity contribution is 6.02. The molecule has 1 saturated carbocycles. The summed E-state index contributed by atoms with van der Waals surface area (Å²) >= 11 is 0. The molecule has 2 aromatic rings. The molecule has 3 rings (SSSR count). The number of rotatable bonds is 7. The normalized spacial score (nSPS) is 14.7. The lowest BCUT2D eigenvalue weighted by Crippen LogP contribution is -2.18. The van der Waals surface area contributed by atoms with Gasteiger partial charge in [0.05, 0.1) is 19.1 Å². The number of aromatic nitrogens is 1. The van der Waals surface area contributed by atoms with Crippen molar-refractivity contribution >= 4 is 11.9 Å². The van der Waals surface area contributed by atoms with Crippen LogP contribution >= 0.6 is 0 Å². The third kappa shape index (κ3) is 4.63. The Balaban J connectivity index is 2.13. The van der Waals surface area contributed by atoms with Crippen molar-refractivity contribution < 1.29 is 19.4 Å². The van der Waals surface area contributed by atoms with E-state index in [9.17, 15) is 14.7 Å². The molecule has 0 spiro atoms. The quantitative estimate of drug-likeness (QED) is 0.690. The summed E-state index contributed by atoms with van der Waals surface area (Å²) < 4.78 is 7.00. The molecule has 1 aromatic carbocycles. The van der Waals surface area contributed by atoms with E-state index in [2.05, 4.69) is 4.57 Å². The molecular weight excluding hydrogens is 368 g/mol. The van der Waals surface area contributed by atoms with Crippen molar-refractivity contribution in [3.63, 3.8) is 0 Å². The molecule has 1 aliphatic rings. The maximum absolute atomic E-state index is 12.4. The molecule has 1 aromatic heterocycles. The molecule has 0 unspecified atom stereocenters. The Bertz CT molecular complexity index is 895. The monoisotopic (exact) mass is 398 g/mol. The minimum Gasteiger partial charge on any atom is -0.508 e. The number of benzene rings is 1. The summed E-state index contributed by atoms with van der Waals surface area (Å²) in [6.07, 6.45) is 6.72. The predicted molar refractivity (Wildman–Crippen MR) is 112 cm³/mol. The van der Waals surface area contributed by atoms with Crippen molar-refractivity contribution in [2.75, 3.05) is 7.11 Å². The number of phenols is 1. The molecule has 1 fully saturated rings. The first-order valence-electron chi connectivity index (χ1n) is 10.3. The summed E-state index contributed by atoms with van der Waals surface area (Å²) in [4.78, 5) is 24.3. The first kappa shape index (κ1) is 21.0. The lowest BCUT2D eigenvalue weighted by Gasteiger charge is -2.24. The van der Waals surface area contributed by atoms with Gasteiger partial charge >= 0.3 is 5.97 Å². The highest BCUT2D eigenvalue weighted by atomic mass is 16.5. The number of esters is 1. The summed E-state index contributed by atoms with van der Waals surface area (Å²) in [7, 11) is 1.37. The van der Waals surface area contributed by atoms with Gasteiger partial charge in [-0.2, -0.15) is 0 Å². The van der Waals surface area contributed by atoms with E-state index < -0.39 is 5.91 Å². The molecule has 156 valence electrons. The molecule has 0 aliphatic heterocycles. The van der Waals surface area contributed by atoms with Crippen molar-refractivity contribution in [1.82, 2.24) is 4.57 Å². The molecule has 6 heteroatoms. The number of aromatic hydroxyl groups is 1. The number of hydrogen-bond donors (Lipinski definition) is 2. The van der Waals surface area contributed by atoms with Crippen LogP contribution in [0.3, 0.4) is 0 Å². The van der Waals surface area contributed by atoms with E-state index in [1.807, 2.05) is 13.0 Å². The van der Waals surface area contributed by atoms with E-state index >= 15 is 0 Å². The van der Waals surface area contributed by atoms with Crippen molar-refractivity contribution in [2.45, 2.75) is 58.4 Å². The average Bonchev–Trinajstić information content (AvgIpc) is 2.98. The van der Waals surface area contributed by atoms with E-state index in [1.54, 1.807) is 18.2 Å². The third-order valence-corrected chi connectivity index (χ3v) is 5.97. The number of primary amides is 1. The molecule has 0 bridgehead atoms. The second kappa shape index (κ2) is 9.16. The first-order valence-corrected chi connectivity index (χ1v) is 10.3. The highest BCUT2D eigenvalue weighted by Crippen LogP contribution is 2.36. The SMILES string of the molecule is COC(=O)CCc1c(-c2cccc(O)c2)c(C(N)=O)c(C)n1CC1CCCCC1. The second-order valence-electron chi connectivity index (χ2n) is 7.89. The molecular formula is C23H30N2O4. The van der Waals surface area contributed by atoms with E-state index in [4.69, 9.17) is 10.5 Å². The van der Waals surface area contributed by atoms with Gasteiger partial charge in [0.15, 0.2) is 0 Å². The molecule has 0 radical (unpaired) electrons. The van der Waals surface area contributed by atoms with Gasteiger partial charge in [0.25, 0.3) is 5.91 Å². The second-order valence-corrected chi connectivity index (χ2v) is 7.89.